The lowest BCUT2D eigenvalue weighted by molar-refractivity contribution is -0.115. The summed E-state index contributed by atoms with van der Waals surface area (Å²) < 4.78 is 0. The summed E-state index contributed by atoms with van der Waals surface area (Å²) >= 11 is 0. The summed E-state index contributed by atoms with van der Waals surface area (Å²) in [6, 6.07) is 8.83. The number of aromatic amines is 1. The van der Waals surface area contributed by atoms with Crippen molar-refractivity contribution in [2.75, 3.05) is 5.32 Å². The van der Waals surface area contributed by atoms with Gasteiger partial charge in [-0.2, -0.15) is 0 Å². The van der Waals surface area contributed by atoms with Crippen LogP contribution in [0.1, 0.15) is 5.56 Å². The summed E-state index contributed by atoms with van der Waals surface area (Å²) in [5.74, 6) is -0.256. The minimum Gasteiger partial charge on any atom is -0.327 e. The zero-order chi connectivity index (χ0) is 16.1. The monoisotopic (exact) mass is 306 g/mol. The topological polar surface area (TPSA) is 87.7 Å². The van der Waals surface area contributed by atoms with Crippen molar-refractivity contribution in [3.8, 4) is 11.1 Å². The van der Waals surface area contributed by atoms with Gasteiger partial charge in [0, 0.05) is 36.5 Å². The maximum Gasteiger partial charge on any atom is 0.271 e. The van der Waals surface area contributed by atoms with Gasteiger partial charge in [-0.1, -0.05) is 0 Å². The highest BCUT2D eigenvalue weighted by atomic mass is 16.2. The van der Waals surface area contributed by atoms with E-state index in [4.69, 9.17) is 0 Å². The molecule has 0 fully saturated rings. The molecule has 0 spiro atoms. The molecule has 0 aliphatic heterocycles. The van der Waals surface area contributed by atoms with Crippen LogP contribution < -0.4 is 10.9 Å². The second-order valence-electron chi connectivity index (χ2n) is 4.95. The molecule has 0 saturated carbocycles. The zero-order valence-corrected chi connectivity index (χ0v) is 12.2. The third-order valence-corrected chi connectivity index (χ3v) is 3.31. The number of nitrogens with zero attached hydrogens (tertiary/aromatic N) is 2. The minimum absolute atomic E-state index is 0.182. The number of nitrogens with one attached hydrogen (secondary N) is 2. The molecule has 0 bridgehead atoms. The number of carbonyl (C=O) groups is 1. The number of hydrogen-bond acceptors (Lipinski definition) is 4. The normalized spacial score (nSPS) is 10.3. The number of hydrogen-bond donors (Lipinski definition) is 2. The van der Waals surface area contributed by atoms with Crippen LogP contribution in [-0.4, -0.2) is 20.9 Å². The number of rotatable bonds is 4. The van der Waals surface area contributed by atoms with Crippen molar-refractivity contribution in [2.45, 2.75) is 6.42 Å². The molecule has 114 valence electrons. The number of H-pyrrole nitrogens is 1. The molecule has 0 radical (unpaired) electrons. The molecule has 1 amide bonds. The Bertz CT molecular complexity index is 861. The van der Waals surface area contributed by atoms with Crippen LogP contribution in [0.3, 0.4) is 0 Å². The lowest BCUT2D eigenvalue weighted by Crippen LogP contribution is -2.21. The molecule has 0 saturated heterocycles. The summed E-state index contributed by atoms with van der Waals surface area (Å²) in [4.78, 5) is 34.5. The predicted molar refractivity (Wildman–Crippen MR) is 86.9 cm³/mol. The Kier molecular flexibility index (Phi) is 4.24. The molecule has 0 aromatic carbocycles. The Hall–Kier alpha value is -3.28. The summed E-state index contributed by atoms with van der Waals surface area (Å²) in [6.45, 7) is 0. The van der Waals surface area contributed by atoms with Crippen molar-refractivity contribution in [1.29, 1.82) is 0 Å². The van der Waals surface area contributed by atoms with E-state index in [9.17, 15) is 9.59 Å². The van der Waals surface area contributed by atoms with Crippen LogP contribution in [0.2, 0.25) is 0 Å². The Morgan fingerprint density at radius 3 is 2.35 bits per heavy atom. The van der Waals surface area contributed by atoms with Crippen molar-refractivity contribution >= 4 is 11.6 Å². The van der Waals surface area contributed by atoms with Gasteiger partial charge in [-0.25, -0.2) is 0 Å². The molecule has 6 nitrogen and oxygen atoms in total. The first kappa shape index (κ1) is 14.6. The van der Waals surface area contributed by atoms with Crippen LogP contribution >= 0.6 is 0 Å². The number of anilines is 1. The van der Waals surface area contributed by atoms with Crippen LogP contribution in [-0.2, 0) is 11.2 Å². The molecule has 0 atom stereocenters. The van der Waals surface area contributed by atoms with Gasteiger partial charge in [0.05, 0.1) is 6.42 Å². The molecule has 6 heteroatoms. The quantitative estimate of drug-likeness (QED) is 0.772. The SMILES string of the molecule is O=C(Cc1ccncc1)Nc1cc(-c2ccncc2)c[nH]c1=O. The van der Waals surface area contributed by atoms with E-state index in [-0.39, 0.29) is 23.6 Å². The Labute approximate surface area is 132 Å². The molecule has 3 rings (SSSR count). The van der Waals surface area contributed by atoms with E-state index in [1.54, 1.807) is 49.2 Å². The maximum absolute atomic E-state index is 12.1. The van der Waals surface area contributed by atoms with Gasteiger partial charge < -0.3 is 10.3 Å². The Balaban J connectivity index is 1.80. The smallest absolute Gasteiger partial charge is 0.271 e. The summed E-state index contributed by atoms with van der Waals surface area (Å²) in [5.41, 5.74) is 2.41. The predicted octanol–water partition coefficient (Wildman–Crippen LogP) is 2.01. The molecular weight excluding hydrogens is 292 g/mol. The lowest BCUT2D eigenvalue weighted by Gasteiger charge is -2.07. The van der Waals surface area contributed by atoms with Crippen molar-refractivity contribution in [2.24, 2.45) is 0 Å². The standard InChI is InChI=1S/C17H14N4O2/c22-16(9-12-1-5-18-6-2-12)21-15-10-14(11-20-17(15)23)13-3-7-19-8-4-13/h1-8,10-11H,9H2,(H,20,23)(H,21,22). The third kappa shape index (κ3) is 3.68. The molecule has 0 aliphatic carbocycles. The van der Waals surface area contributed by atoms with Crippen molar-refractivity contribution in [1.82, 2.24) is 15.0 Å². The first-order valence-electron chi connectivity index (χ1n) is 7.04. The molecule has 0 aliphatic rings. The zero-order valence-electron chi connectivity index (χ0n) is 12.2. The van der Waals surface area contributed by atoms with Crippen molar-refractivity contribution in [3.63, 3.8) is 0 Å². The van der Waals surface area contributed by atoms with Crippen LogP contribution in [0.15, 0.2) is 66.1 Å². The van der Waals surface area contributed by atoms with Gasteiger partial charge >= 0.3 is 0 Å². The van der Waals surface area contributed by atoms with Gasteiger partial charge in [0.15, 0.2) is 0 Å². The highest BCUT2D eigenvalue weighted by Crippen LogP contribution is 2.18. The van der Waals surface area contributed by atoms with Crippen molar-refractivity contribution < 1.29 is 4.79 Å². The third-order valence-electron chi connectivity index (χ3n) is 3.31. The second kappa shape index (κ2) is 6.65. The van der Waals surface area contributed by atoms with Gasteiger partial charge in [-0.05, 0) is 41.5 Å². The minimum atomic E-state index is -0.342. The molecule has 0 unspecified atom stereocenters. The lowest BCUT2D eigenvalue weighted by atomic mass is 10.1. The fourth-order valence-corrected chi connectivity index (χ4v) is 2.17. The molecular formula is C17H14N4O2. The van der Waals surface area contributed by atoms with Gasteiger partial charge in [0.1, 0.15) is 5.69 Å². The van der Waals surface area contributed by atoms with E-state index in [0.29, 0.717) is 0 Å². The van der Waals surface area contributed by atoms with Gasteiger partial charge in [0.2, 0.25) is 5.91 Å². The van der Waals surface area contributed by atoms with Crippen LogP contribution in [0.25, 0.3) is 11.1 Å². The van der Waals surface area contributed by atoms with Gasteiger partial charge in [-0.15, -0.1) is 0 Å². The molecule has 2 N–H and O–H groups in total. The van der Waals surface area contributed by atoms with Gasteiger partial charge in [-0.3, -0.25) is 19.6 Å². The fourth-order valence-electron chi connectivity index (χ4n) is 2.17. The van der Waals surface area contributed by atoms with Crippen molar-refractivity contribution in [3.05, 3.63) is 77.2 Å². The highest BCUT2D eigenvalue weighted by molar-refractivity contribution is 5.92. The first-order chi connectivity index (χ1) is 11.2. The Morgan fingerprint density at radius 2 is 1.65 bits per heavy atom. The van der Waals surface area contributed by atoms with E-state index in [1.807, 2.05) is 12.1 Å². The maximum atomic E-state index is 12.1. The number of pyridine rings is 3. The van der Waals surface area contributed by atoms with Gasteiger partial charge in [0.25, 0.3) is 5.56 Å². The average Bonchev–Trinajstić information content (AvgIpc) is 2.58. The number of carbonyl (C=O) groups excluding carboxylic acids is 1. The Morgan fingerprint density at radius 1 is 1.00 bits per heavy atom. The molecule has 23 heavy (non-hydrogen) atoms. The highest BCUT2D eigenvalue weighted by Gasteiger charge is 2.08. The number of aromatic nitrogens is 3. The van der Waals surface area contributed by atoms with Crippen LogP contribution in [0, 0.1) is 0 Å². The molecule has 3 heterocycles. The van der Waals surface area contributed by atoms with E-state index in [0.717, 1.165) is 16.7 Å². The summed E-state index contributed by atoms with van der Waals surface area (Å²) in [7, 11) is 0. The van der Waals surface area contributed by atoms with Crippen LogP contribution in [0.4, 0.5) is 5.69 Å². The van der Waals surface area contributed by atoms with E-state index >= 15 is 0 Å². The number of amides is 1. The molecule has 3 aromatic heterocycles. The average molecular weight is 306 g/mol. The second-order valence-corrected chi connectivity index (χ2v) is 4.95. The summed E-state index contributed by atoms with van der Waals surface area (Å²) in [5, 5.41) is 2.65. The first-order valence-corrected chi connectivity index (χ1v) is 7.04. The van der Waals surface area contributed by atoms with Crippen LogP contribution in [0.5, 0.6) is 0 Å². The fraction of sp³-hybridized carbons (Fsp3) is 0.0588. The summed E-state index contributed by atoms with van der Waals surface area (Å²) in [6.07, 6.45) is 8.38. The van der Waals surface area contributed by atoms with E-state index < -0.39 is 0 Å². The largest absolute Gasteiger partial charge is 0.327 e. The van der Waals surface area contributed by atoms with E-state index in [1.165, 1.54) is 0 Å². The molecule has 3 aromatic rings. The van der Waals surface area contributed by atoms with E-state index in [2.05, 4.69) is 20.3 Å².